The van der Waals surface area contributed by atoms with Gasteiger partial charge in [0.25, 0.3) is 11.8 Å². The molecule has 1 saturated heterocycles. The summed E-state index contributed by atoms with van der Waals surface area (Å²) in [5.74, 6) is 3.68. The first kappa shape index (κ1) is 30.6. The fourth-order valence-electron chi connectivity index (χ4n) is 4.65. The predicted octanol–water partition coefficient (Wildman–Crippen LogP) is 3.34. The zero-order valence-electron chi connectivity index (χ0n) is 23.0. The minimum Gasteiger partial charge on any atom is -0.495 e. The van der Waals surface area contributed by atoms with Crippen LogP contribution >= 0.6 is 0 Å². The van der Waals surface area contributed by atoms with E-state index in [4.69, 9.17) is 4.74 Å². The minimum atomic E-state index is -4.54. The highest BCUT2D eigenvalue weighted by Crippen LogP contribution is 2.28. The van der Waals surface area contributed by atoms with Crippen molar-refractivity contribution in [1.29, 1.82) is 0 Å². The van der Waals surface area contributed by atoms with Gasteiger partial charge in [0, 0.05) is 31.8 Å². The lowest BCUT2D eigenvalue weighted by atomic mass is 10.0. The Kier molecular flexibility index (Phi) is 9.20. The number of fused-ring (bicyclic) bond motifs is 1. The highest BCUT2D eigenvalue weighted by atomic mass is 19.4. The molecule has 1 aliphatic heterocycles. The first-order chi connectivity index (χ1) is 19.9. The quantitative estimate of drug-likeness (QED) is 0.288. The SMILES string of the molecule is CNC(=O)c1cc(OC)c(NCC#Cc2cc(C(=O)N[C@H]3CCN(C)C[C@@H]3F)c3ncn(CC(F)(F)F)c3c2)cc1F. The third-order valence-electron chi connectivity index (χ3n) is 6.74. The van der Waals surface area contributed by atoms with Gasteiger partial charge in [-0.1, -0.05) is 11.8 Å². The molecule has 9 nitrogen and oxygen atoms in total. The van der Waals surface area contributed by atoms with Crippen LogP contribution in [0.3, 0.4) is 0 Å². The molecule has 1 aliphatic rings. The largest absolute Gasteiger partial charge is 0.495 e. The highest BCUT2D eigenvalue weighted by Gasteiger charge is 2.31. The Morgan fingerprint density at radius 3 is 2.60 bits per heavy atom. The Balaban J connectivity index is 1.61. The molecule has 0 spiro atoms. The van der Waals surface area contributed by atoms with E-state index in [1.54, 1.807) is 11.9 Å². The van der Waals surface area contributed by atoms with E-state index in [9.17, 15) is 31.5 Å². The van der Waals surface area contributed by atoms with Gasteiger partial charge in [-0.05, 0) is 31.7 Å². The maximum Gasteiger partial charge on any atom is 0.406 e. The lowest BCUT2D eigenvalue weighted by Crippen LogP contribution is -2.51. The Hall–Kier alpha value is -4.38. The lowest BCUT2D eigenvalue weighted by Gasteiger charge is -2.32. The molecule has 3 aromatic rings. The van der Waals surface area contributed by atoms with Crippen LogP contribution in [-0.4, -0.2) is 85.5 Å². The van der Waals surface area contributed by atoms with E-state index in [1.807, 2.05) is 0 Å². The Morgan fingerprint density at radius 2 is 1.93 bits per heavy atom. The summed E-state index contributed by atoms with van der Waals surface area (Å²) >= 11 is 0. The van der Waals surface area contributed by atoms with Crippen LogP contribution in [0, 0.1) is 17.7 Å². The van der Waals surface area contributed by atoms with E-state index in [-0.39, 0.29) is 52.3 Å². The molecule has 0 unspecified atom stereocenters. The molecule has 4 rings (SSSR count). The number of hydrogen-bond acceptors (Lipinski definition) is 6. The van der Waals surface area contributed by atoms with Crippen LogP contribution in [0.5, 0.6) is 5.75 Å². The second-order valence-corrected chi connectivity index (χ2v) is 9.79. The summed E-state index contributed by atoms with van der Waals surface area (Å²) in [4.78, 5) is 30.9. The number of piperidine rings is 1. The van der Waals surface area contributed by atoms with Crippen molar-refractivity contribution >= 4 is 28.5 Å². The fourth-order valence-corrected chi connectivity index (χ4v) is 4.65. The van der Waals surface area contributed by atoms with E-state index in [0.717, 1.165) is 17.0 Å². The number of imidazole rings is 1. The van der Waals surface area contributed by atoms with Crippen LogP contribution in [0.25, 0.3) is 11.0 Å². The number of hydrogen-bond donors (Lipinski definition) is 3. The molecule has 2 aromatic carbocycles. The second-order valence-electron chi connectivity index (χ2n) is 9.79. The third-order valence-corrected chi connectivity index (χ3v) is 6.74. The normalized spacial score (nSPS) is 17.3. The molecule has 0 radical (unpaired) electrons. The molecule has 224 valence electrons. The van der Waals surface area contributed by atoms with Gasteiger partial charge in [0.1, 0.15) is 29.8 Å². The van der Waals surface area contributed by atoms with Gasteiger partial charge in [-0.3, -0.25) is 9.59 Å². The van der Waals surface area contributed by atoms with Crippen LogP contribution in [0.4, 0.5) is 27.6 Å². The maximum atomic E-state index is 14.6. The molecule has 2 heterocycles. The average Bonchev–Trinajstić information content (AvgIpc) is 3.32. The van der Waals surface area contributed by atoms with Crippen LogP contribution in [-0.2, 0) is 6.54 Å². The number of carbonyl (C=O) groups is 2. The fraction of sp³-hybridized carbons (Fsp3) is 0.393. The van der Waals surface area contributed by atoms with Crippen molar-refractivity contribution in [2.24, 2.45) is 0 Å². The molecule has 14 heteroatoms. The number of methoxy groups -OCH3 is 1. The number of nitrogens with one attached hydrogen (secondary N) is 3. The minimum absolute atomic E-state index is 0.0279. The molecule has 42 heavy (non-hydrogen) atoms. The molecular formula is C28H29F5N6O3. The Morgan fingerprint density at radius 1 is 1.17 bits per heavy atom. The van der Waals surface area contributed by atoms with Crippen molar-refractivity contribution in [1.82, 2.24) is 25.1 Å². The number of aromatic nitrogens is 2. The zero-order valence-corrected chi connectivity index (χ0v) is 23.0. The summed E-state index contributed by atoms with van der Waals surface area (Å²) < 4.78 is 74.7. The van der Waals surface area contributed by atoms with Gasteiger partial charge >= 0.3 is 6.18 Å². The van der Waals surface area contributed by atoms with Crippen molar-refractivity contribution in [3.05, 3.63) is 53.1 Å². The summed E-state index contributed by atoms with van der Waals surface area (Å²) in [6, 6.07) is 4.32. The van der Waals surface area contributed by atoms with E-state index in [2.05, 4.69) is 32.8 Å². The molecule has 3 N–H and O–H groups in total. The lowest BCUT2D eigenvalue weighted by molar-refractivity contribution is -0.139. The van der Waals surface area contributed by atoms with Crippen LogP contribution in [0.15, 0.2) is 30.6 Å². The van der Waals surface area contributed by atoms with Gasteiger partial charge in [-0.15, -0.1) is 0 Å². The van der Waals surface area contributed by atoms with Crippen molar-refractivity contribution in [3.8, 4) is 17.6 Å². The number of ether oxygens (including phenoxy) is 1. The van der Waals surface area contributed by atoms with Gasteiger partial charge in [0.05, 0.1) is 48.4 Å². The van der Waals surface area contributed by atoms with E-state index in [0.29, 0.717) is 13.0 Å². The van der Waals surface area contributed by atoms with Crippen molar-refractivity contribution in [2.45, 2.75) is 31.4 Å². The number of anilines is 1. The summed E-state index contributed by atoms with van der Waals surface area (Å²) in [5, 5.41) is 7.86. The van der Waals surface area contributed by atoms with Gasteiger partial charge < -0.3 is 30.2 Å². The van der Waals surface area contributed by atoms with Gasteiger partial charge in [-0.25, -0.2) is 13.8 Å². The Labute approximate surface area is 238 Å². The number of halogens is 5. The first-order valence-electron chi connectivity index (χ1n) is 12.9. The van der Waals surface area contributed by atoms with Crippen molar-refractivity contribution < 1.29 is 36.3 Å². The second kappa shape index (κ2) is 12.6. The number of amides is 2. The molecule has 2 atom stereocenters. The summed E-state index contributed by atoms with van der Waals surface area (Å²) in [6.07, 6.45) is -4.50. The molecule has 2 amide bonds. The number of nitrogens with zero attached hydrogens (tertiary/aromatic N) is 3. The average molecular weight is 593 g/mol. The number of rotatable bonds is 7. The van der Waals surface area contributed by atoms with Gasteiger partial charge in [0.2, 0.25) is 0 Å². The number of benzene rings is 2. The molecular weight excluding hydrogens is 563 g/mol. The van der Waals surface area contributed by atoms with Crippen LogP contribution in [0.2, 0.25) is 0 Å². The maximum absolute atomic E-state index is 14.6. The smallest absolute Gasteiger partial charge is 0.406 e. The molecule has 1 fully saturated rings. The number of likely N-dealkylation sites (tertiary alicyclic amines) is 1. The van der Waals surface area contributed by atoms with Crippen molar-refractivity contribution in [2.75, 3.05) is 46.2 Å². The molecule has 0 saturated carbocycles. The Bertz CT molecular complexity index is 1540. The van der Waals surface area contributed by atoms with E-state index in [1.165, 1.54) is 32.4 Å². The van der Waals surface area contributed by atoms with Crippen molar-refractivity contribution in [3.63, 3.8) is 0 Å². The zero-order chi connectivity index (χ0) is 30.6. The van der Waals surface area contributed by atoms with Gasteiger partial charge in [0.15, 0.2) is 0 Å². The summed E-state index contributed by atoms with van der Waals surface area (Å²) in [7, 11) is 4.48. The van der Waals surface area contributed by atoms with Crippen LogP contribution in [0.1, 0.15) is 32.7 Å². The van der Waals surface area contributed by atoms with Gasteiger partial charge in [-0.2, -0.15) is 13.2 Å². The number of alkyl halides is 4. The third kappa shape index (κ3) is 7.09. The van der Waals surface area contributed by atoms with E-state index >= 15 is 0 Å². The number of carbonyl (C=O) groups excluding carboxylic acids is 2. The van der Waals surface area contributed by atoms with E-state index < -0.39 is 42.6 Å². The summed E-state index contributed by atoms with van der Waals surface area (Å²) in [5.41, 5.74) is 0.248. The standard InChI is InChI=1S/C28H29F5N6O3/c1-34-26(40)17-11-24(42-3)22(12-19(17)29)35-7-4-5-16-9-18(27(41)37-21-6-8-38(2)13-20(21)30)25-23(10-16)39(15-36-25)14-28(31,32)33/h9-12,15,20-21,35H,6-8,13-14H2,1-3H3,(H,34,40)(H,37,41)/t20-,21-/m0/s1. The first-order valence-corrected chi connectivity index (χ1v) is 12.9. The molecule has 0 bridgehead atoms. The predicted molar refractivity (Wildman–Crippen MR) is 146 cm³/mol. The topological polar surface area (TPSA) is 101 Å². The monoisotopic (exact) mass is 592 g/mol. The van der Waals surface area contributed by atoms with Crippen LogP contribution < -0.4 is 20.7 Å². The highest BCUT2D eigenvalue weighted by molar-refractivity contribution is 6.05. The summed E-state index contributed by atoms with van der Waals surface area (Å²) in [6.45, 7) is -0.664. The molecule has 0 aliphatic carbocycles. The molecule has 1 aromatic heterocycles.